The second-order valence-corrected chi connectivity index (χ2v) is 5.90. The number of hydrogen-bond acceptors (Lipinski definition) is 2. The van der Waals surface area contributed by atoms with Gasteiger partial charge in [-0.3, -0.25) is 5.01 Å². The maximum atomic E-state index is 4.55. The smallest absolute Gasteiger partial charge is 0.103 e. The van der Waals surface area contributed by atoms with Gasteiger partial charge in [0.1, 0.15) is 6.54 Å². The van der Waals surface area contributed by atoms with Crippen LogP contribution >= 0.6 is 0 Å². The number of hydrazone groups is 1. The Kier molecular flexibility index (Phi) is 5.59. The summed E-state index contributed by atoms with van der Waals surface area (Å²) >= 11 is 0. The fraction of sp³-hybridized carbons (Fsp3) is 0.250. The predicted octanol–water partition coefficient (Wildman–Crippen LogP) is 2.09. The van der Waals surface area contributed by atoms with Crippen LogP contribution < -0.4 is 4.90 Å². The highest BCUT2D eigenvalue weighted by Crippen LogP contribution is 2.00. The van der Waals surface area contributed by atoms with E-state index in [1.54, 1.807) is 4.90 Å². The van der Waals surface area contributed by atoms with Crippen molar-refractivity contribution in [2.24, 2.45) is 5.10 Å². The van der Waals surface area contributed by atoms with Crippen molar-refractivity contribution in [1.29, 1.82) is 0 Å². The number of benzene rings is 2. The first-order valence-corrected chi connectivity index (χ1v) is 8.28. The highest BCUT2D eigenvalue weighted by Gasteiger charge is 2.18. The largest absolute Gasteiger partial charge is 0.328 e. The van der Waals surface area contributed by atoms with Crippen molar-refractivity contribution >= 4 is 12.3 Å². The number of quaternary nitrogens is 1. The molecule has 2 aromatic carbocycles. The lowest BCUT2D eigenvalue weighted by molar-refractivity contribution is -0.918. The van der Waals surface area contributed by atoms with E-state index < -0.39 is 0 Å². The van der Waals surface area contributed by atoms with Crippen LogP contribution in [0.4, 0.5) is 0 Å². The second kappa shape index (κ2) is 8.30. The molecule has 23 heavy (non-hydrogen) atoms. The standard InChI is InChI=1S/C20H23N3/c1-3-8-19(9-4-1)12-7-13-21-23-16-14-22(15-17-23)18-20-10-5-2-6-11-20/h1-13H,14-18H2/p+1/b12-7+,21-13+. The quantitative estimate of drug-likeness (QED) is 0.839. The zero-order valence-electron chi connectivity index (χ0n) is 13.4. The zero-order valence-corrected chi connectivity index (χ0v) is 13.4. The van der Waals surface area contributed by atoms with Gasteiger partial charge in [0.2, 0.25) is 0 Å². The minimum Gasteiger partial charge on any atom is -0.328 e. The molecule has 2 aromatic rings. The monoisotopic (exact) mass is 306 g/mol. The summed E-state index contributed by atoms with van der Waals surface area (Å²) in [5.74, 6) is 0. The maximum Gasteiger partial charge on any atom is 0.103 e. The number of allylic oxidation sites excluding steroid dienone is 1. The van der Waals surface area contributed by atoms with Gasteiger partial charge in [-0.15, -0.1) is 0 Å². The van der Waals surface area contributed by atoms with Gasteiger partial charge in [-0.25, -0.2) is 0 Å². The number of piperazine rings is 1. The second-order valence-electron chi connectivity index (χ2n) is 5.90. The molecule has 1 aliphatic rings. The molecule has 3 nitrogen and oxygen atoms in total. The maximum absolute atomic E-state index is 4.55. The van der Waals surface area contributed by atoms with Gasteiger partial charge in [0.25, 0.3) is 0 Å². The minimum atomic E-state index is 1.03. The summed E-state index contributed by atoms with van der Waals surface area (Å²) in [6.45, 7) is 5.46. The van der Waals surface area contributed by atoms with Crippen molar-refractivity contribution in [1.82, 2.24) is 5.01 Å². The molecule has 1 saturated heterocycles. The molecular weight excluding hydrogens is 282 g/mol. The van der Waals surface area contributed by atoms with E-state index in [2.05, 4.69) is 58.7 Å². The molecule has 0 aliphatic carbocycles. The third-order valence-corrected chi connectivity index (χ3v) is 4.15. The molecule has 1 aliphatic heterocycles. The number of rotatable bonds is 5. The van der Waals surface area contributed by atoms with E-state index >= 15 is 0 Å². The predicted molar refractivity (Wildman–Crippen MR) is 96.4 cm³/mol. The molecular formula is C20H24N3+. The van der Waals surface area contributed by atoms with Gasteiger partial charge in [0, 0.05) is 11.8 Å². The molecule has 1 heterocycles. The van der Waals surface area contributed by atoms with Crippen LogP contribution in [0.5, 0.6) is 0 Å². The van der Waals surface area contributed by atoms with Crippen LogP contribution in [0.15, 0.2) is 71.8 Å². The molecule has 1 fully saturated rings. The van der Waals surface area contributed by atoms with Crippen molar-refractivity contribution in [3.05, 3.63) is 77.9 Å². The molecule has 1 N–H and O–H groups in total. The lowest BCUT2D eigenvalue weighted by atomic mass is 10.2. The Morgan fingerprint density at radius 3 is 2.26 bits per heavy atom. The van der Waals surface area contributed by atoms with Crippen molar-refractivity contribution < 1.29 is 4.90 Å². The molecule has 0 spiro atoms. The first kappa shape index (κ1) is 15.5. The van der Waals surface area contributed by atoms with Gasteiger partial charge in [-0.05, 0) is 11.6 Å². The first-order valence-electron chi connectivity index (χ1n) is 8.28. The number of nitrogens with zero attached hydrogens (tertiary/aromatic N) is 2. The van der Waals surface area contributed by atoms with Gasteiger partial charge in [-0.1, -0.05) is 66.7 Å². The van der Waals surface area contributed by atoms with Gasteiger partial charge in [0.15, 0.2) is 0 Å². The highest BCUT2D eigenvalue weighted by molar-refractivity contribution is 5.77. The van der Waals surface area contributed by atoms with E-state index in [1.807, 2.05) is 30.5 Å². The summed E-state index contributed by atoms with van der Waals surface area (Å²) in [5.41, 5.74) is 2.63. The lowest BCUT2D eigenvalue weighted by Gasteiger charge is -2.30. The molecule has 0 saturated carbocycles. The number of hydrogen-bond donors (Lipinski definition) is 1. The third kappa shape index (κ3) is 5.08. The van der Waals surface area contributed by atoms with Crippen LogP contribution in [0.1, 0.15) is 11.1 Å². The normalized spacial score (nSPS) is 16.4. The zero-order chi connectivity index (χ0) is 15.7. The molecule has 118 valence electrons. The summed E-state index contributed by atoms with van der Waals surface area (Å²) in [6.07, 6.45) is 5.99. The molecule has 0 amide bonds. The highest BCUT2D eigenvalue weighted by atomic mass is 15.5. The lowest BCUT2D eigenvalue weighted by Crippen LogP contribution is -3.13. The summed E-state index contributed by atoms with van der Waals surface area (Å²) in [6, 6.07) is 21.1. The average Bonchev–Trinajstić information content (AvgIpc) is 2.62. The summed E-state index contributed by atoms with van der Waals surface area (Å²) < 4.78 is 0. The van der Waals surface area contributed by atoms with Gasteiger partial charge in [0.05, 0.1) is 26.2 Å². The summed E-state index contributed by atoms with van der Waals surface area (Å²) in [4.78, 5) is 1.64. The Morgan fingerprint density at radius 2 is 1.57 bits per heavy atom. The molecule has 0 bridgehead atoms. The van der Waals surface area contributed by atoms with E-state index in [1.165, 1.54) is 11.1 Å². The minimum absolute atomic E-state index is 1.03. The number of nitrogens with one attached hydrogen (secondary N) is 1. The third-order valence-electron chi connectivity index (χ3n) is 4.15. The van der Waals surface area contributed by atoms with Crippen LogP contribution in [-0.2, 0) is 6.54 Å². The average molecular weight is 306 g/mol. The van der Waals surface area contributed by atoms with Gasteiger partial charge < -0.3 is 4.90 Å². The summed E-state index contributed by atoms with van der Waals surface area (Å²) in [5, 5.41) is 6.72. The Balaban J connectivity index is 1.42. The van der Waals surface area contributed by atoms with Crippen molar-refractivity contribution in [2.75, 3.05) is 26.2 Å². The van der Waals surface area contributed by atoms with Crippen molar-refractivity contribution in [3.63, 3.8) is 0 Å². The molecule has 0 unspecified atom stereocenters. The van der Waals surface area contributed by atoms with E-state index in [0.29, 0.717) is 0 Å². The topological polar surface area (TPSA) is 20.0 Å². The molecule has 3 rings (SSSR count). The Labute approximate surface area is 138 Å². The molecule has 0 atom stereocenters. The molecule has 3 heteroatoms. The fourth-order valence-corrected chi connectivity index (χ4v) is 2.84. The van der Waals surface area contributed by atoms with E-state index in [0.717, 1.165) is 32.7 Å². The van der Waals surface area contributed by atoms with Crippen LogP contribution in [0, 0.1) is 0 Å². The van der Waals surface area contributed by atoms with Crippen LogP contribution in [-0.4, -0.2) is 37.4 Å². The van der Waals surface area contributed by atoms with E-state index in [4.69, 9.17) is 0 Å². The first-order chi connectivity index (χ1) is 11.4. The Morgan fingerprint density at radius 1 is 0.913 bits per heavy atom. The van der Waals surface area contributed by atoms with E-state index in [9.17, 15) is 0 Å². The van der Waals surface area contributed by atoms with Crippen LogP contribution in [0.2, 0.25) is 0 Å². The molecule has 0 radical (unpaired) electrons. The Bertz CT molecular complexity index is 626. The van der Waals surface area contributed by atoms with E-state index in [-0.39, 0.29) is 0 Å². The van der Waals surface area contributed by atoms with Crippen molar-refractivity contribution in [2.45, 2.75) is 6.54 Å². The summed E-state index contributed by atoms with van der Waals surface area (Å²) in [7, 11) is 0. The Hall–Kier alpha value is -2.39. The van der Waals surface area contributed by atoms with Crippen molar-refractivity contribution in [3.8, 4) is 0 Å². The SMILES string of the molecule is C(=C\c1ccccc1)/C=N/N1CC[NH+](Cc2ccccc2)CC1. The fourth-order valence-electron chi connectivity index (χ4n) is 2.84. The molecule has 0 aromatic heterocycles. The van der Waals surface area contributed by atoms with Crippen LogP contribution in [0.25, 0.3) is 6.08 Å². The van der Waals surface area contributed by atoms with Crippen LogP contribution in [0.3, 0.4) is 0 Å². The van der Waals surface area contributed by atoms with Gasteiger partial charge >= 0.3 is 0 Å². The van der Waals surface area contributed by atoms with Gasteiger partial charge in [-0.2, -0.15) is 5.10 Å².